The molecule has 6 N–H and O–H groups in total. The molecule has 7 nitrogen and oxygen atoms in total. The van der Waals surface area contributed by atoms with Gasteiger partial charge in [0.2, 0.25) is 5.91 Å². The largest absolute Gasteiger partial charge is 0.508 e. The summed E-state index contributed by atoms with van der Waals surface area (Å²) >= 11 is 0. The molecule has 0 aromatic heterocycles. The molecule has 0 radical (unpaired) electrons. The lowest BCUT2D eigenvalue weighted by molar-refractivity contribution is -0.147. The third-order valence-corrected chi connectivity index (χ3v) is 2.73. The van der Waals surface area contributed by atoms with Crippen molar-refractivity contribution in [2.75, 3.05) is 6.54 Å². The molecule has 0 fully saturated rings. The molecule has 0 aliphatic carbocycles. The van der Waals surface area contributed by atoms with Crippen molar-refractivity contribution in [3.63, 3.8) is 0 Å². The van der Waals surface area contributed by atoms with Gasteiger partial charge in [-0.2, -0.15) is 0 Å². The molecule has 1 aromatic carbocycles. The van der Waals surface area contributed by atoms with Crippen LogP contribution in [0.15, 0.2) is 24.3 Å². The molecule has 1 aromatic rings. The Bertz CT molecular complexity index is 460. The van der Waals surface area contributed by atoms with Crippen LogP contribution >= 0.6 is 0 Å². The zero-order valence-electron chi connectivity index (χ0n) is 10.8. The van der Waals surface area contributed by atoms with Crippen LogP contribution in [0.25, 0.3) is 0 Å². The molecule has 2 atom stereocenters. The number of carboxylic acids is 1. The Morgan fingerprint density at radius 2 is 1.85 bits per heavy atom. The molecule has 7 heteroatoms. The average molecular weight is 282 g/mol. The Labute approximate surface area is 116 Å². The average Bonchev–Trinajstić information content (AvgIpc) is 2.40. The van der Waals surface area contributed by atoms with E-state index in [0.29, 0.717) is 6.42 Å². The maximum Gasteiger partial charge on any atom is 0.332 e. The second-order valence-corrected chi connectivity index (χ2v) is 4.41. The van der Waals surface area contributed by atoms with Gasteiger partial charge >= 0.3 is 5.97 Å². The van der Waals surface area contributed by atoms with Crippen LogP contribution in [0.1, 0.15) is 12.0 Å². The van der Waals surface area contributed by atoms with Gasteiger partial charge in [0.1, 0.15) is 5.75 Å². The highest BCUT2D eigenvalue weighted by Gasteiger charge is 2.16. The van der Waals surface area contributed by atoms with Gasteiger partial charge in [0.15, 0.2) is 6.10 Å². The van der Waals surface area contributed by atoms with Crippen LogP contribution in [0.5, 0.6) is 5.75 Å². The second-order valence-electron chi connectivity index (χ2n) is 4.41. The van der Waals surface area contributed by atoms with Crippen molar-refractivity contribution < 1.29 is 24.9 Å². The molecule has 0 aliphatic rings. The number of aromatic hydroxyl groups is 1. The summed E-state index contributed by atoms with van der Waals surface area (Å²) in [5, 5.41) is 29.1. The monoisotopic (exact) mass is 282 g/mol. The zero-order chi connectivity index (χ0) is 15.1. The van der Waals surface area contributed by atoms with E-state index in [1.165, 1.54) is 12.1 Å². The van der Waals surface area contributed by atoms with Crippen molar-refractivity contribution in [1.82, 2.24) is 5.32 Å². The third-order valence-electron chi connectivity index (χ3n) is 2.73. The molecule has 0 aliphatic heterocycles. The lowest BCUT2D eigenvalue weighted by Gasteiger charge is -2.13. The number of hydrogen-bond acceptors (Lipinski definition) is 5. The molecular weight excluding hydrogens is 264 g/mol. The quantitative estimate of drug-likeness (QED) is 0.445. The molecular formula is C13H18N2O5. The Morgan fingerprint density at radius 1 is 1.25 bits per heavy atom. The van der Waals surface area contributed by atoms with Crippen molar-refractivity contribution in [2.24, 2.45) is 5.73 Å². The molecule has 20 heavy (non-hydrogen) atoms. The fraction of sp³-hybridized carbons (Fsp3) is 0.385. The predicted octanol–water partition coefficient (Wildman–Crippen LogP) is -0.786. The number of carboxylic acid groups (broad SMARTS) is 1. The minimum atomic E-state index is -1.50. The lowest BCUT2D eigenvalue weighted by atomic mass is 10.1. The van der Waals surface area contributed by atoms with Crippen molar-refractivity contribution in [1.29, 1.82) is 0 Å². The molecule has 1 unspecified atom stereocenters. The summed E-state index contributed by atoms with van der Waals surface area (Å²) in [4.78, 5) is 22.0. The smallest absolute Gasteiger partial charge is 0.332 e. The number of aliphatic hydroxyl groups is 1. The van der Waals surface area contributed by atoms with E-state index in [4.69, 9.17) is 21.1 Å². The fourth-order valence-corrected chi connectivity index (χ4v) is 1.57. The van der Waals surface area contributed by atoms with Gasteiger partial charge in [-0.05, 0) is 24.1 Å². The Balaban J connectivity index is 2.35. The SMILES string of the molecule is N[C@@H](Cc1ccc(O)cc1)C(=O)NCCC(O)C(=O)O. The Kier molecular flexibility index (Phi) is 5.95. The van der Waals surface area contributed by atoms with Crippen LogP contribution in [0.3, 0.4) is 0 Å². The highest BCUT2D eigenvalue weighted by Crippen LogP contribution is 2.10. The molecule has 0 saturated carbocycles. The molecule has 1 rings (SSSR count). The van der Waals surface area contributed by atoms with Crippen LogP contribution < -0.4 is 11.1 Å². The van der Waals surface area contributed by atoms with Gasteiger partial charge < -0.3 is 26.4 Å². The first-order valence-electron chi connectivity index (χ1n) is 6.12. The maximum atomic E-state index is 11.7. The molecule has 0 heterocycles. The first kappa shape index (κ1) is 15.9. The van der Waals surface area contributed by atoms with Crippen molar-refractivity contribution in [3.8, 4) is 5.75 Å². The number of hydrogen-bond donors (Lipinski definition) is 5. The van der Waals surface area contributed by atoms with Gasteiger partial charge in [-0.1, -0.05) is 12.1 Å². The van der Waals surface area contributed by atoms with Crippen LogP contribution in [0.2, 0.25) is 0 Å². The first-order chi connectivity index (χ1) is 9.40. The number of rotatable bonds is 7. The Hall–Kier alpha value is -2.12. The number of aliphatic hydroxyl groups excluding tert-OH is 1. The standard InChI is InChI=1S/C13H18N2O5/c14-10(7-8-1-3-9(16)4-2-8)12(18)15-6-5-11(17)13(19)20/h1-4,10-11,16-17H,5-7,14H2,(H,15,18)(H,19,20)/t10-,11?/m0/s1. The second kappa shape index (κ2) is 7.46. The van der Waals surface area contributed by atoms with Gasteiger partial charge in [-0.3, -0.25) is 4.79 Å². The number of amides is 1. The van der Waals surface area contributed by atoms with E-state index in [1.807, 2.05) is 0 Å². The van der Waals surface area contributed by atoms with E-state index in [1.54, 1.807) is 12.1 Å². The number of nitrogens with one attached hydrogen (secondary N) is 1. The first-order valence-corrected chi connectivity index (χ1v) is 6.12. The molecule has 110 valence electrons. The summed E-state index contributed by atoms with van der Waals surface area (Å²) in [6.45, 7) is 0.0373. The number of benzene rings is 1. The molecule has 0 bridgehead atoms. The molecule has 1 amide bonds. The Morgan fingerprint density at radius 3 is 2.40 bits per heavy atom. The van der Waals surface area contributed by atoms with Crippen molar-refractivity contribution in [3.05, 3.63) is 29.8 Å². The number of carbonyl (C=O) groups excluding carboxylic acids is 1. The number of phenols is 1. The number of nitrogens with two attached hydrogens (primary N) is 1. The molecule has 0 spiro atoms. The highest BCUT2D eigenvalue weighted by atomic mass is 16.4. The van der Waals surface area contributed by atoms with E-state index < -0.39 is 24.0 Å². The van der Waals surface area contributed by atoms with E-state index >= 15 is 0 Å². The lowest BCUT2D eigenvalue weighted by Crippen LogP contribution is -2.43. The van der Waals surface area contributed by atoms with Crippen molar-refractivity contribution in [2.45, 2.75) is 25.0 Å². The van der Waals surface area contributed by atoms with Crippen LogP contribution in [-0.4, -0.2) is 45.9 Å². The van der Waals surface area contributed by atoms with Gasteiger partial charge in [0.05, 0.1) is 6.04 Å². The fourth-order valence-electron chi connectivity index (χ4n) is 1.57. The summed E-state index contributed by atoms with van der Waals surface area (Å²) in [6.07, 6.45) is -1.27. The van der Waals surface area contributed by atoms with E-state index in [0.717, 1.165) is 5.56 Å². The zero-order valence-corrected chi connectivity index (χ0v) is 10.8. The summed E-state index contributed by atoms with van der Waals surface area (Å²) in [5.41, 5.74) is 6.51. The highest BCUT2D eigenvalue weighted by molar-refractivity contribution is 5.81. The van der Waals surface area contributed by atoms with E-state index in [9.17, 15) is 9.59 Å². The summed E-state index contributed by atoms with van der Waals surface area (Å²) in [7, 11) is 0. The number of carbonyl (C=O) groups is 2. The minimum absolute atomic E-state index is 0.0373. The third kappa shape index (κ3) is 5.25. The minimum Gasteiger partial charge on any atom is -0.508 e. The van der Waals surface area contributed by atoms with Gasteiger partial charge in [0, 0.05) is 13.0 Å². The van der Waals surface area contributed by atoms with Crippen LogP contribution in [0, 0.1) is 0 Å². The van der Waals surface area contributed by atoms with Crippen LogP contribution in [-0.2, 0) is 16.0 Å². The van der Waals surface area contributed by atoms with Crippen molar-refractivity contribution >= 4 is 11.9 Å². The van der Waals surface area contributed by atoms with E-state index in [-0.39, 0.29) is 18.7 Å². The predicted molar refractivity (Wildman–Crippen MR) is 71.1 cm³/mol. The van der Waals surface area contributed by atoms with Gasteiger partial charge in [0.25, 0.3) is 0 Å². The topological polar surface area (TPSA) is 133 Å². The van der Waals surface area contributed by atoms with Gasteiger partial charge in [-0.25, -0.2) is 4.79 Å². The summed E-state index contributed by atoms with van der Waals surface area (Å²) < 4.78 is 0. The summed E-state index contributed by atoms with van der Waals surface area (Å²) in [6, 6.07) is 5.56. The van der Waals surface area contributed by atoms with E-state index in [2.05, 4.69) is 5.32 Å². The van der Waals surface area contributed by atoms with Crippen LogP contribution in [0.4, 0.5) is 0 Å². The normalized spacial score (nSPS) is 13.5. The van der Waals surface area contributed by atoms with Gasteiger partial charge in [-0.15, -0.1) is 0 Å². The molecule has 0 saturated heterocycles. The number of phenolic OH excluding ortho intramolecular Hbond substituents is 1. The summed E-state index contributed by atoms with van der Waals surface area (Å²) in [5.74, 6) is -1.61. The maximum absolute atomic E-state index is 11.7. The number of aliphatic carboxylic acids is 1.